The number of rotatable bonds is 4. The monoisotopic (exact) mass is 368 g/mol. The average molecular weight is 368 g/mol. The highest BCUT2D eigenvalue weighted by Crippen LogP contribution is 2.30. The third-order valence-corrected chi connectivity index (χ3v) is 4.82. The van der Waals surface area contributed by atoms with Gasteiger partial charge in [-0.2, -0.15) is 0 Å². The maximum Gasteiger partial charge on any atom is 0.293 e. The molecule has 3 aromatic heterocycles. The fourth-order valence-corrected chi connectivity index (χ4v) is 3.41. The Labute approximate surface area is 153 Å². The van der Waals surface area contributed by atoms with Gasteiger partial charge in [-0.15, -0.1) is 11.3 Å². The van der Waals surface area contributed by atoms with Crippen LogP contribution in [0.25, 0.3) is 22.4 Å². The maximum absolute atomic E-state index is 12.6. The first-order valence-electron chi connectivity index (χ1n) is 7.96. The highest BCUT2D eigenvalue weighted by molar-refractivity contribution is 7.14. The summed E-state index contributed by atoms with van der Waals surface area (Å²) in [5.74, 6) is 2.12. The van der Waals surface area contributed by atoms with Gasteiger partial charge in [-0.05, 0) is 44.2 Å². The smallest absolute Gasteiger partial charge is 0.293 e. The Kier molecular flexibility index (Phi) is 4.00. The predicted molar refractivity (Wildman–Crippen MR) is 100 cm³/mol. The topological polar surface area (TPSA) is 77.5 Å². The second-order valence-electron chi connectivity index (χ2n) is 5.82. The van der Waals surface area contributed by atoms with Crippen molar-refractivity contribution in [1.29, 1.82) is 0 Å². The number of thiazole rings is 1. The van der Waals surface area contributed by atoms with E-state index in [-0.39, 0.29) is 11.7 Å². The normalized spacial score (nSPS) is 11.0. The van der Waals surface area contributed by atoms with Crippen LogP contribution < -0.4 is 10.1 Å². The summed E-state index contributed by atoms with van der Waals surface area (Å²) in [4.78, 5) is 17.0. The number of fused-ring (bicyclic) bond motifs is 1. The van der Waals surface area contributed by atoms with Crippen LogP contribution >= 0.6 is 11.3 Å². The Hall–Kier alpha value is -3.06. The number of furan rings is 2. The Balaban J connectivity index is 1.59. The van der Waals surface area contributed by atoms with Crippen molar-refractivity contribution in [3.63, 3.8) is 0 Å². The minimum atomic E-state index is -0.339. The lowest BCUT2D eigenvalue weighted by molar-refractivity contribution is 0.0998. The number of carbonyl (C=O) groups excluding carboxylic acids is 1. The summed E-state index contributed by atoms with van der Waals surface area (Å²) in [5.41, 5.74) is 2.08. The van der Waals surface area contributed by atoms with Crippen molar-refractivity contribution in [3.8, 4) is 17.2 Å². The van der Waals surface area contributed by atoms with Crippen molar-refractivity contribution < 1.29 is 18.4 Å². The van der Waals surface area contributed by atoms with E-state index in [0.29, 0.717) is 27.9 Å². The van der Waals surface area contributed by atoms with Gasteiger partial charge >= 0.3 is 0 Å². The SMILES string of the molecule is COc1ccc2oc(C(=O)Nc3nc(-c4ccc(C)o4)cs3)c(C)c2c1. The van der Waals surface area contributed by atoms with E-state index in [1.54, 1.807) is 19.2 Å². The molecule has 6 nitrogen and oxygen atoms in total. The van der Waals surface area contributed by atoms with E-state index in [1.165, 1.54) is 11.3 Å². The van der Waals surface area contributed by atoms with Gasteiger partial charge in [0.15, 0.2) is 16.7 Å². The number of amides is 1. The van der Waals surface area contributed by atoms with Crippen molar-refractivity contribution in [2.45, 2.75) is 13.8 Å². The number of carbonyl (C=O) groups is 1. The first-order valence-corrected chi connectivity index (χ1v) is 8.84. The lowest BCUT2D eigenvalue weighted by Crippen LogP contribution is -2.11. The minimum Gasteiger partial charge on any atom is -0.497 e. The second-order valence-corrected chi connectivity index (χ2v) is 6.68. The van der Waals surface area contributed by atoms with E-state index in [1.807, 2.05) is 37.4 Å². The van der Waals surface area contributed by atoms with Gasteiger partial charge in [-0.25, -0.2) is 4.98 Å². The maximum atomic E-state index is 12.6. The van der Waals surface area contributed by atoms with Crippen LogP contribution in [0.5, 0.6) is 5.75 Å². The molecule has 1 aromatic carbocycles. The van der Waals surface area contributed by atoms with Gasteiger partial charge < -0.3 is 13.6 Å². The summed E-state index contributed by atoms with van der Waals surface area (Å²) in [6.07, 6.45) is 0. The lowest BCUT2D eigenvalue weighted by atomic mass is 10.1. The highest BCUT2D eigenvalue weighted by atomic mass is 32.1. The number of aryl methyl sites for hydroxylation is 2. The Morgan fingerprint density at radius 3 is 2.77 bits per heavy atom. The number of nitrogens with zero attached hydrogens (tertiary/aromatic N) is 1. The van der Waals surface area contributed by atoms with Gasteiger partial charge in [-0.3, -0.25) is 10.1 Å². The number of aromatic nitrogens is 1. The van der Waals surface area contributed by atoms with Crippen molar-refractivity contribution in [2.24, 2.45) is 0 Å². The third-order valence-electron chi connectivity index (χ3n) is 4.07. The molecule has 7 heteroatoms. The van der Waals surface area contributed by atoms with Gasteiger partial charge in [0.2, 0.25) is 0 Å². The van der Waals surface area contributed by atoms with Crippen LogP contribution in [-0.2, 0) is 0 Å². The fraction of sp³-hybridized carbons (Fsp3) is 0.158. The predicted octanol–water partition coefficient (Wildman–Crippen LogP) is 5.03. The van der Waals surface area contributed by atoms with Crippen LogP contribution in [-0.4, -0.2) is 18.0 Å². The summed E-state index contributed by atoms with van der Waals surface area (Å²) in [6.45, 7) is 3.72. The zero-order chi connectivity index (χ0) is 18.3. The molecule has 4 rings (SSSR count). The molecule has 0 aliphatic carbocycles. The Morgan fingerprint density at radius 2 is 2.04 bits per heavy atom. The Bertz CT molecular complexity index is 1110. The minimum absolute atomic E-state index is 0.263. The number of methoxy groups -OCH3 is 1. The van der Waals surface area contributed by atoms with E-state index in [2.05, 4.69) is 10.3 Å². The quantitative estimate of drug-likeness (QED) is 0.547. The molecule has 0 saturated heterocycles. The summed E-state index contributed by atoms with van der Waals surface area (Å²) < 4.78 is 16.5. The number of anilines is 1. The molecule has 3 heterocycles. The number of ether oxygens (including phenoxy) is 1. The average Bonchev–Trinajstić information content (AvgIpc) is 3.34. The van der Waals surface area contributed by atoms with E-state index in [9.17, 15) is 4.79 Å². The molecule has 1 N–H and O–H groups in total. The van der Waals surface area contributed by atoms with Crippen molar-refractivity contribution in [1.82, 2.24) is 4.98 Å². The summed E-state index contributed by atoms with van der Waals surface area (Å²) >= 11 is 1.33. The molecule has 132 valence electrons. The van der Waals surface area contributed by atoms with E-state index < -0.39 is 0 Å². The van der Waals surface area contributed by atoms with Crippen molar-refractivity contribution >= 4 is 33.3 Å². The largest absolute Gasteiger partial charge is 0.497 e. The molecule has 26 heavy (non-hydrogen) atoms. The molecule has 0 saturated carbocycles. The molecule has 0 bridgehead atoms. The van der Waals surface area contributed by atoms with Crippen molar-refractivity contribution in [2.75, 3.05) is 12.4 Å². The van der Waals surface area contributed by atoms with Gasteiger partial charge in [0.25, 0.3) is 5.91 Å². The van der Waals surface area contributed by atoms with E-state index >= 15 is 0 Å². The van der Waals surface area contributed by atoms with Crippen molar-refractivity contribution in [3.05, 3.63) is 52.8 Å². The first kappa shape index (κ1) is 16.4. The molecule has 0 spiro atoms. The molecular weight excluding hydrogens is 352 g/mol. The summed E-state index contributed by atoms with van der Waals surface area (Å²) in [7, 11) is 1.60. The zero-order valence-electron chi connectivity index (χ0n) is 14.5. The van der Waals surface area contributed by atoms with Gasteiger partial charge in [0.1, 0.15) is 22.8 Å². The third kappa shape index (κ3) is 2.86. The zero-order valence-corrected chi connectivity index (χ0v) is 15.3. The van der Waals surface area contributed by atoms with Gasteiger partial charge in [-0.1, -0.05) is 0 Å². The van der Waals surface area contributed by atoms with Crippen LogP contribution in [0, 0.1) is 13.8 Å². The number of hydrogen-bond acceptors (Lipinski definition) is 6. The van der Waals surface area contributed by atoms with Crippen LogP contribution in [0.3, 0.4) is 0 Å². The molecular formula is C19H16N2O4S. The first-order chi connectivity index (χ1) is 12.5. The van der Waals surface area contributed by atoms with E-state index in [4.69, 9.17) is 13.6 Å². The molecule has 4 aromatic rings. The fourth-order valence-electron chi connectivity index (χ4n) is 2.71. The Morgan fingerprint density at radius 1 is 1.19 bits per heavy atom. The van der Waals surface area contributed by atoms with Gasteiger partial charge in [0.05, 0.1) is 7.11 Å². The van der Waals surface area contributed by atoms with E-state index in [0.717, 1.165) is 16.7 Å². The van der Waals surface area contributed by atoms with Crippen LogP contribution in [0.15, 0.2) is 44.5 Å². The molecule has 0 fully saturated rings. The molecule has 0 aliphatic rings. The highest BCUT2D eigenvalue weighted by Gasteiger charge is 2.19. The lowest BCUT2D eigenvalue weighted by Gasteiger charge is -1.99. The second kappa shape index (κ2) is 6.34. The number of nitrogens with one attached hydrogen (secondary N) is 1. The molecule has 0 unspecified atom stereocenters. The standard InChI is InChI=1S/C19H16N2O4S/c1-10-4-6-16(24-10)14-9-26-19(20-14)21-18(22)17-11(2)13-8-12(23-3)5-7-15(13)25-17/h4-9H,1-3H3,(H,20,21,22). The molecule has 1 amide bonds. The van der Waals surface area contributed by atoms with Crippen LogP contribution in [0.1, 0.15) is 21.9 Å². The summed E-state index contributed by atoms with van der Waals surface area (Å²) in [5, 5.41) is 5.96. The van der Waals surface area contributed by atoms with Crippen LogP contribution in [0.2, 0.25) is 0 Å². The number of benzene rings is 1. The molecule has 0 atom stereocenters. The van der Waals surface area contributed by atoms with Gasteiger partial charge in [0, 0.05) is 16.3 Å². The molecule has 0 aliphatic heterocycles. The summed E-state index contributed by atoms with van der Waals surface area (Å²) in [6, 6.07) is 9.17. The van der Waals surface area contributed by atoms with Crippen LogP contribution in [0.4, 0.5) is 5.13 Å². The number of hydrogen-bond donors (Lipinski definition) is 1. The molecule has 0 radical (unpaired) electrons.